The molecule has 0 spiro atoms. The van der Waals surface area contributed by atoms with Crippen molar-refractivity contribution in [2.75, 3.05) is 39.5 Å². The molecule has 0 saturated carbocycles. The van der Waals surface area contributed by atoms with Crippen molar-refractivity contribution in [3.8, 4) is 11.5 Å². The number of benzene rings is 1. The van der Waals surface area contributed by atoms with E-state index in [2.05, 4.69) is 31.3 Å². The molecule has 2 aliphatic heterocycles. The number of nitrogens with one attached hydrogen (secondary N) is 3. The molecule has 0 bridgehead atoms. The van der Waals surface area contributed by atoms with Crippen molar-refractivity contribution < 1.29 is 24.1 Å². The van der Waals surface area contributed by atoms with E-state index in [1.807, 2.05) is 6.07 Å². The number of carbonyl (C=O) groups is 1. The van der Waals surface area contributed by atoms with Gasteiger partial charge in [-0.3, -0.25) is 4.79 Å². The monoisotopic (exact) mass is 349 g/mol. The zero-order chi connectivity index (χ0) is 17.6. The van der Waals surface area contributed by atoms with Crippen LogP contribution in [-0.4, -0.2) is 51.5 Å². The van der Waals surface area contributed by atoms with Crippen LogP contribution in [-0.2, 0) is 11.3 Å². The summed E-state index contributed by atoms with van der Waals surface area (Å²) in [6.45, 7) is 10.5. The molecule has 1 fully saturated rings. The van der Waals surface area contributed by atoms with Crippen molar-refractivity contribution in [1.29, 1.82) is 0 Å². The number of rotatable bonds is 7. The van der Waals surface area contributed by atoms with E-state index in [4.69, 9.17) is 9.47 Å². The van der Waals surface area contributed by atoms with Crippen molar-refractivity contribution in [2.24, 2.45) is 0 Å². The number of amides is 1. The molecule has 0 radical (unpaired) electrons. The maximum absolute atomic E-state index is 12.1. The average Bonchev–Trinajstić information content (AvgIpc) is 3.04. The Balaban J connectivity index is 1.40. The van der Waals surface area contributed by atoms with Gasteiger partial charge in [0.1, 0.15) is 32.7 Å². The zero-order valence-electron chi connectivity index (χ0n) is 15.4. The lowest BCUT2D eigenvalue weighted by molar-refractivity contribution is -1.02. The second-order valence-electron chi connectivity index (χ2n) is 7.30. The molecule has 0 aliphatic carbocycles. The van der Waals surface area contributed by atoms with Gasteiger partial charge < -0.3 is 24.6 Å². The minimum absolute atomic E-state index is 0.190. The molecule has 1 amide bonds. The first kappa shape index (κ1) is 18.0. The van der Waals surface area contributed by atoms with Gasteiger partial charge in [-0.25, -0.2) is 0 Å². The summed E-state index contributed by atoms with van der Waals surface area (Å²) >= 11 is 0. The summed E-state index contributed by atoms with van der Waals surface area (Å²) in [5.74, 6) is 1.89. The summed E-state index contributed by atoms with van der Waals surface area (Å²) in [5.41, 5.74) is 1.29. The Morgan fingerprint density at radius 2 is 1.88 bits per heavy atom. The van der Waals surface area contributed by atoms with Gasteiger partial charge in [0.2, 0.25) is 6.79 Å². The average molecular weight is 349 g/mol. The molecule has 3 N–H and O–H groups in total. The molecular weight excluding hydrogens is 318 g/mol. The van der Waals surface area contributed by atoms with E-state index in [0.29, 0.717) is 13.3 Å². The molecule has 1 aromatic rings. The summed E-state index contributed by atoms with van der Waals surface area (Å²) in [5, 5.41) is 3.11. The van der Waals surface area contributed by atoms with Crippen LogP contribution in [0, 0.1) is 0 Å². The van der Waals surface area contributed by atoms with E-state index < -0.39 is 0 Å². The third kappa shape index (κ3) is 5.09. The Morgan fingerprint density at radius 3 is 2.64 bits per heavy atom. The molecule has 1 saturated heterocycles. The zero-order valence-corrected chi connectivity index (χ0v) is 15.4. The number of ether oxygens (including phenoxy) is 2. The van der Waals surface area contributed by atoms with Crippen LogP contribution in [0.2, 0.25) is 0 Å². The lowest BCUT2D eigenvalue weighted by Gasteiger charge is -2.29. The Hall–Kier alpha value is -1.79. The Labute approximate surface area is 150 Å². The minimum Gasteiger partial charge on any atom is -0.454 e. The van der Waals surface area contributed by atoms with Crippen molar-refractivity contribution in [1.82, 2.24) is 5.32 Å². The van der Waals surface area contributed by atoms with Crippen LogP contribution >= 0.6 is 0 Å². The first-order chi connectivity index (χ1) is 12.1. The second kappa shape index (κ2) is 8.54. The van der Waals surface area contributed by atoms with E-state index in [9.17, 15) is 4.79 Å². The third-order valence-corrected chi connectivity index (χ3v) is 5.09. The molecule has 25 heavy (non-hydrogen) atoms. The second-order valence-corrected chi connectivity index (χ2v) is 7.30. The quantitative estimate of drug-likeness (QED) is 0.592. The highest BCUT2D eigenvalue weighted by atomic mass is 16.7. The summed E-state index contributed by atoms with van der Waals surface area (Å²) < 4.78 is 10.8. The van der Waals surface area contributed by atoms with Gasteiger partial charge in [0.05, 0.1) is 0 Å². The Morgan fingerprint density at radius 1 is 1.16 bits per heavy atom. The third-order valence-electron chi connectivity index (χ3n) is 5.09. The van der Waals surface area contributed by atoms with Crippen LogP contribution in [0.1, 0.15) is 32.3 Å². The van der Waals surface area contributed by atoms with E-state index in [0.717, 1.165) is 57.1 Å². The molecule has 1 atom stereocenters. The lowest BCUT2D eigenvalue weighted by atomic mass is 10.1. The molecule has 6 heteroatoms. The van der Waals surface area contributed by atoms with Crippen molar-refractivity contribution in [3.63, 3.8) is 0 Å². The predicted octanol–water partition coefficient (Wildman–Crippen LogP) is -0.996. The van der Waals surface area contributed by atoms with Gasteiger partial charge in [-0.2, -0.15) is 0 Å². The number of piperazine rings is 1. The molecule has 6 nitrogen and oxygen atoms in total. The van der Waals surface area contributed by atoms with Gasteiger partial charge >= 0.3 is 0 Å². The molecular formula is C19H31N3O3+2. The topological polar surface area (TPSA) is 56.4 Å². The van der Waals surface area contributed by atoms with Crippen LogP contribution in [0.15, 0.2) is 18.2 Å². The van der Waals surface area contributed by atoms with Crippen molar-refractivity contribution in [3.05, 3.63) is 23.8 Å². The molecule has 138 valence electrons. The highest BCUT2D eigenvalue weighted by molar-refractivity contribution is 5.77. The van der Waals surface area contributed by atoms with Gasteiger partial charge in [0, 0.05) is 11.6 Å². The fourth-order valence-corrected chi connectivity index (χ4v) is 3.71. The van der Waals surface area contributed by atoms with E-state index in [1.165, 1.54) is 10.5 Å². The lowest BCUT2D eigenvalue weighted by Crippen LogP contribution is -3.28. The Bertz CT molecular complexity index is 585. The van der Waals surface area contributed by atoms with Crippen LogP contribution < -0.4 is 24.6 Å². The minimum atomic E-state index is 0.190. The highest BCUT2D eigenvalue weighted by Gasteiger charge is 2.25. The summed E-state index contributed by atoms with van der Waals surface area (Å²) in [6, 6.07) is 6.51. The first-order valence-corrected chi connectivity index (χ1v) is 9.49. The van der Waals surface area contributed by atoms with Crippen molar-refractivity contribution in [2.45, 2.75) is 39.3 Å². The van der Waals surface area contributed by atoms with Gasteiger partial charge in [-0.1, -0.05) is 13.3 Å². The number of hydrogen-bond acceptors (Lipinski definition) is 3. The van der Waals surface area contributed by atoms with Crippen LogP contribution in [0.5, 0.6) is 11.5 Å². The molecule has 0 unspecified atom stereocenters. The van der Waals surface area contributed by atoms with Crippen LogP contribution in [0.3, 0.4) is 0 Å². The fraction of sp³-hybridized carbons (Fsp3) is 0.632. The van der Waals surface area contributed by atoms with Gasteiger partial charge in [-0.05, 0) is 31.5 Å². The van der Waals surface area contributed by atoms with E-state index in [1.54, 1.807) is 4.90 Å². The first-order valence-electron chi connectivity index (χ1n) is 9.49. The smallest absolute Gasteiger partial charge is 0.275 e. The van der Waals surface area contributed by atoms with Crippen LogP contribution in [0.25, 0.3) is 0 Å². The number of fused-ring (bicyclic) bond motifs is 1. The van der Waals surface area contributed by atoms with Gasteiger partial charge in [-0.15, -0.1) is 0 Å². The van der Waals surface area contributed by atoms with E-state index >= 15 is 0 Å². The molecule has 1 aromatic carbocycles. The molecule has 2 heterocycles. The summed E-state index contributed by atoms with van der Waals surface area (Å²) in [7, 11) is 0. The standard InChI is InChI=1S/C19H29N3O3/c1-3-4-15(2)20-19(23)13-22-9-7-21(8-10-22)12-16-5-6-17-18(11-16)25-14-24-17/h5-6,11,15H,3-4,7-10,12-14H2,1-2H3,(H,20,23)/p+2/t15-/m0/s1. The summed E-state index contributed by atoms with van der Waals surface area (Å²) in [4.78, 5) is 15.1. The predicted molar refractivity (Wildman–Crippen MR) is 95.0 cm³/mol. The van der Waals surface area contributed by atoms with Crippen molar-refractivity contribution >= 4 is 5.91 Å². The van der Waals surface area contributed by atoms with E-state index in [-0.39, 0.29) is 11.9 Å². The Kier molecular flexibility index (Phi) is 6.15. The number of quaternary nitrogens is 2. The van der Waals surface area contributed by atoms with Gasteiger partial charge in [0.15, 0.2) is 18.0 Å². The number of hydrogen-bond donors (Lipinski definition) is 3. The highest BCUT2D eigenvalue weighted by Crippen LogP contribution is 2.32. The van der Waals surface area contributed by atoms with Gasteiger partial charge in [0.25, 0.3) is 5.91 Å². The number of carbonyl (C=O) groups excluding carboxylic acids is 1. The largest absolute Gasteiger partial charge is 0.454 e. The maximum Gasteiger partial charge on any atom is 0.275 e. The molecule has 0 aromatic heterocycles. The summed E-state index contributed by atoms with van der Waals surface area (Å²) in [6.07, 6.45) is 2.16. The van der Waals surface area contributed by atoms with Crippen LogP contribution in [0.4, 0.5) is 0 Å². The molecule has 2 aliphatic rings. The fourth-order valence-electron chi connectivity index (χ4n) is 3.71. The molecule has 3 rings (SSSR count). The maximum atomic E-state index is 12.1. The SMILES string of the molecule is CCC[C@H](C)NC(=O)C[NH+]1CC[NH+](Cc2ccc3c(c2)OCO3)CC1. The normalized spacial score (nSPS) is 23.3.